The molecule has 0 heterocycles. The van der Waals surface area contributed by atoms with E-state index in [1.165, 1.54) is 0 Å². The molecular formula is C8H21NO3Si. The monoisotopic (exact) mass is 207 g/mol. The van der Waals surface area contributed by atoms with E-state index in [4.69, 9.17) is 13.3 Å². The van der Waals surface area contributed by atoms with Crippen molar-refractivity contribution in [2.24, 2.45) is 0 Å². The van der Waals surface area contributed by atoms with E-state index in [-0.39, 0.29) is 0 Å². The van der Waals surface area contributed by atoms with Crippen molar-refractivity contribution in [3.8, 4) is 0 Å². The van der Waals surface area contributed by atoms with Crippen molar-refractivity contribution in [3.63, 3.8) is 0 Å². The summed E-state index contributed by atoms with van der Waals surface area (Å²) in [6, 6.07) is 0.834. The number of hydrogen-bond donors (Lipinski definition) is 0. The Hall–Kier alpha value is 0.0569. The molecule has 13 heavy (non-hydrogen) atoms. The lowest BCUT2D eigenvalue weighted by molar-refractivity contribution is 0.120. The molecule has 0 saturated heterocycles. The van der Waals surface area contributed by atoms with Gasteiger partial charge in [0.2, 0.25) is 0 Å². The predicted molar refractivity (Wildman–Crippen MR) is 54.8 cm³/mol. The summed E-state index contributed by atoms with van der Waals surface area (Å²) >= 11 is 0. The highest BCUT2D eigenvalue weighted by Gasteiger charge is 2.37. The van der Waals surface area contributed by atoms with Gasteiger partial charge in [0.15, 0.2) is 0 Å². The highest BCUT2D eigenvalue weighted by molar-refractivity contribution is 6.60. The lowest BCUT2D eigenvalue weighted by Crippen LogP contribution is -2.45. The Kier molecular flexibility index (Phi) is 6.53. The van der Waals surface area contributed by atoms with Crippen molar-refractivity contribution >= 4 is 8.80 Å². The highest BCUT2D eigenvalue weighted by atomic mass is 28.4. The normalized spacial score (nSPS) is 12.5. The summed E-state index contributed by atoms with van der Waals surface area (Å²) < 4.78 is 15.9. The van der Waals surface area contributed by atoms with Gasteiger partial charge in [-0.05, 0) is 13.6 Å². The van der Waals surface area contributed by atoms with Crippen molar-refractivity contribution in [2.75, 3.05) is 41.5 Å². The number of nitrogens with zero attached hydrogens (tertiary/aromatic N) is 1. The van der Waals surface area contributed by atoms with E-state index < -0.39 is 8.80 Å². The SMILES string of the molecule is CCN(C)CC[Si](OC)(OC)OC. The summed E-state index contributed by atoms with van der Waals surface area (Å²) in [5, 5.41) is 0. The minimum Gasteiger partial charge on any atom is -0.377 e. The second-order valence-electron chi connectivity index (χ2n) is 2.94. The third-order valence-electron chi connectivity index (χ3n) is 2.27. The topological polar surface area (TPSA) is 30.9 Å². The van der Waals surface area contributed by atoms with Gasteiger partial charge in [-0.1, -0.05) is 6.92 Å². The standard InChI is InChI=1S/C8H21NO3Si/c1-6-9(2)7-8-13(10-3,11-4)12-5/h6-8H2,1-5H3. The molecule has 0 bridgehead atoms. The van der Waals surface area contributed by atoms with Gasteiger partial charge in [-0.3, -0.25) is 0 Å². The first kappa shape index (κ1) is 13.1. The molecule has 0 aromatic heterocycles. The average Bonchev–Trinajstić information content (AvgIpc) is 2.20. The maximum absolute atomic E-state index is 5.30. The smallest absolute Gasteiger partial charge is 0.377 e. The third kappa shape index (κ3) is 4.19. The van der Waals surface area contributed by atoms with Crippen LogP contribution in [0.2, 0.25) is 6.04 Å². The molecule has 0 fully saturated rings. The first-order valence-corrected chi connectivity index (χ1v) is 6.41. The lowest BCUT2D eigenvalue weighted by atomic mass is 10.6. The molecule has 0 saturated carbocycles. The molecular weight excluding hydrogens is 186 g/mol. The molecule has 4 nitrogen and oxygen atoms in total. The maximum atomic E-state index is 5.30. The fourth-order valence-electron chi connectivity index (χ4n) is 1.04. The van der Waals surface area contributed by atoms with E-state index in [1.807, 2.05) is 0 Å². The molecule has 0 amide bonds. The van der Waals surface area contributed by atoms with Crippen LogP contribution in [0.1, 0.15) is 6.92 Å². The summed E-state index contributed by atoms with van der Waals surface area (Å²) in [7, 11) is 4.66. The summed E-state index contributed by atoms with van der Waals surface area (Å²) in [4.78, 5) is 2.21. The molecule has 0 rings (SSSR count). The van der Waals surface area contributed by atoms with Gasteiger partial charge in [-0.15, -0.1) is 0 Å². The minimum absolute atomic E-state index is 0.834. The van der Waals surface area contributed by atoms with Gasteiger partial charge in [-0.2, -0.15) is 0 Å². The predicted octanol–water partition coefficient (Wildman–Crippen LogP) is 0.816. The van der Waals surface area contributed by atoms with Crippen LogP contribution in [-0.4, -0.2) is 55.2 Å². The van der Waals surface area contributed by atoms with Crippen LogP contribution in [-0.2, 0) is 13.3 Å². The second kappa shape index (κ2) is 6.50. The van der Waals surface area contributed by atoms with Crippen molar-refractivity contribution in [1.29, 1.82) is 0 Å². The summed E-state index contributed by atoms with van der Waals surface area (Å²) in [5.41, 5.74) is 0. The van der Waals surface area contributed by atoms with Crippen molar-refractivity contribution in [2.45, 2.75) is 13.0 Å². The fraction of sp³-hybridized carbons (Fsp3) is 1.00. The van der Waals surface area contributed by atoms with Gasteiger partial charge in [0.05, 0.1) is 0 Å². The maximum Gasteiger partial charge on any atom is 0.501 e. The Morgan fingerprint density at radius 2 is 1.54 bits per heavy atom. The summed E-state index contributed by atoms with van der Waals surface area (Å²) in [6.07, 6.45) is 0. The Morgan fingerprint density at radius 3 is 1.85 bits per heavy atom. The Labute approximate surface area is 82.1 Å². The van der Waals surface area contributed by atoms with Crippen LogP contribution >= 0.6 is 0 Å². The van der Waals surface area contributed by atoms with Crippen LogP contribution in [0.15, 0.2) is 0 Å². The Balaban J connectivity index is 3.95. The minimum atomic E-state index is -2.34. The zero-order valence-corrected chi connectivity index (χ0v) is 10.3. The highest BCUT2D eigenvalue weighted by Crippen LogP contribution is 2.12. The molecule has 80 valence electrons. The van der Waals surface area contributed by atoms with E-state index in [0.717, 1.165) is 19.1 Å². The van der Waals surface area contributed by atoms with Gasteiger partial charge in [0.25, 0.3) is 0 Å². The molecule has 0 N–H and O–H groups in total. The average molecular weight is 207 g/mol. The third-order valence-corrected chi connectivity index (χ3v) is 4.97. The Morgan fingerprint density at radius 1 is 1.08 bits per heavy atom. The zero-order chi connectivity index (χ0) is 10.3. The van der Waals surface area contributed by atoms with E-state index in [1.54, 1.807) is 21.3 Å². The van der Waals surface area contributed by atoms with E-state index in [0.29, 0.717) is 0 Å². The molecule has 0 aromatic carbocycles. The van der Waals surface area contributed by atoms with Crippen molar-refractivity contribution < 1.29 is 13.3 Å². The summed E-state index contributed by atoms with van der Waals surface area (Å²) in [6.45, 7) is 4.09. The van der Waals surface area contributed by atoms with Crippen LogP contribution in [0.3, 0.4) is 0 Å². The van der Waals surface area contributed by atoms with Gasteiger partial charge < -0.3 is 18.2 Å². The molecule has 0 unspecified atom stereocenters. The fourth-order valence-corrected chi connectivity index (χ4v) is 2.81. The van der Waals surface area contributed by atoms with E-state index in [9.17, 15) is 0 Å². The van der Waals surface area contributed by atoms with E-state index >= 15 is 0 Å². The van der Waals surface area contributed by atoms with Gasteiger partial charge in [-0.25, -0.2) is 0 Å². The van der Waals surface area contributed by atoms with Crippen LogP contribution < -0.4 is 0 Å². The molecule has 0 atom stereocenters. The van der Waals surface area contributed by atoms with Crippen LogP contribution in [0.5, 0.6) is 0 Å². The quantitative estimate of drug-likeness (QED) is 0.578. The largest absolute Gasteiger partial charge is 0.501 e. The van der Waals surface area contributed by atoms with E-state index in [2.05, 4.69) is 18.9 Å². The molecule has 0 aliphatic heterocycles. The van der Waals surface area contributed by atoms with Crippen LogP contribution in [0.25, 0.3) is 0 Å². The molecule has 0 aromatic rings. The molecule has 5 heteroatoms. The van der Waals surface area contributed by atoms with Gasteiger partial charge in [0, 0.05) is 33.9 Å². The lowest BCUT2D eigenvalue weighted by Gasteiger charge is -2.26. The van der Waals surface area contributed by atoms with Crippen molar-refractivity contribution in [3.05, 3.63) is 0 Å². The number of hydrogen-bond acceptors (Lipinski definition) is 4. The van der Waals surface area contributed by atoms with Crippen LogP contribution in [0, 0.1) is 0 Å². The van der Waals surface area contributed by atoms with Gasteiger partial charge >= 0.3 is 8.80 Å². The number of rotatable bonds is 7. The summed E-state index contributed by atoms with van der Waals surface area (Å²) in [5.74, 6) is 0. The molecule has 0 aliphatic carbocycles. The first-order valence-electron chi connectivity index (χ1n) is 4.48. The van der Waals surface area contributed by atoms with Crippen molar-refractivity contribution in [1.82, 2.24) is 4.90 Å². The second-order valence-corrected chi connectivity index (χ2v) is 6.03. The zero-order valence-electron chi connectivity index (χ0n) is 9.29. The molecule has 0 spiro atoms. The van der Waals surface area contributed by atoms with Crippen LogP contribution in [0.4, 0.5) is 0 Å². The Bertz CT molecular complexity index is 122. The first-order chi connectivity index (χ1) is 6.14. The van der Waals surface area contributed by atoms with Gasteiger partial charge in [0.1, 0.15) is 0 Å². The molecule has 0 radical (unpaired) electrons. The molecule has 0 aliphatic rings.